The van der Waals surface area contributed by atoms with Crippen molar-refractivity contribution in [1.82, 2.24) is 29.8 Å². The molecule has 138 heavy (non-hydrogen) atoms. The van der Waals surface area contributed by atoms with E-state index in [4.69, 9.17) is 27.1 Å². The predicted molar refractivity (Wildman–Crippen MR) is 562 cm³/mol. The molecule has 13 fully saturated rings. The van der Waals surface area contributed by atoms with Crippen LogP contribution in [0, 0.1) is 80.6 Å². The van der Waals surface area contributed by atoms with E-state index in [2.05, 4.69) is 333 Å². The molecule has 20 aliphatic rings. The number of nitrogens with zero attached hydrogens (tertiary/aromatic N) is 11. The van der Waals surface area contributed by atoms with Gasteiger partial charge in [-0.15, -0.1) is 0 Å². The lowest BCUT2D eigenvalue weighted by atomic mass is 9.47. The average Bonchev–Trinajstić information content (AvgIpc) is 0.807. The molecule has 7 aliphatic carbocycles. The summed E-state index contributed by atoms with van der Waals surface area (Å²) in [6.45, 7) is 44.1. The summed E-state index contributed by atoms with van der Waals surface area (Å²) in [6, 6.07) is 72.7. The fourth-order valence-corrected chi connectivity index (χ4v) is 30.5. The van der Waals surface area contributed by atoms with Gasteiger partial charge in [-0.1, -0.05) is 134 Å². The average molecular weight is 1830 g/mol. The highest BCUT2D eigenvalue weighted by Gasteiger charge is 2.67. The number of aromatic nitrogens is 5. The highest BCUT2D eigenvalue weighted by Crippen LogP contribution is 2.70. The highest BCUT2D eigenvalue weighted by atomic mass is 16.4. The summed E-state index contributed by atoms with van der Waals surface area (Å²) < 4.78 is 32.1. The van der Waals surface area contributed by atoms with Crippen LogP contribution >= 0.6 is 0 Å². The number of pyridine rings is 5. The maximum Gasteiger partial charge on any atom is 0.227 e. The van der Waals surface area contributed by atoms with Crippen molar-refractivity contribution < 1.29 is 22.1 Å². The van der Waals surface area contributed by atoms with Crippen LogP contribution in [-0.2, 0) is 27.4 Å². The van der Waals surface area contributed by atoms with E-state index in [0.717, 1.165) is 148 Å². The fraction of sp³-hybridized carbons (Fsp3) is 0.402. The van der Waals surface area contributed by atoms with Gasteiger partial charge in [0.15, 0.2) is 22.3 Å². The second-order valence-electron chi connectivity index (χ2n) is 44.9. The number of fused-ring (bicyclic) bond motifs is 21. The maximum absolute atomic E-state index is 6.49. The number of aryl methyl sites for hydroxylation is 10. The summed E-state index contributed by atoms with van der Waals surface area (Å²) in [5.74, 6) is 1.37. The minimum atomic E-state index is -0.0634. The molecular formula is C122H127N11O5. The number of hydrogen-bond donors (Lipinski definition) is 0. The number of piperidine rings is 7. The summed E-state index contributed by atoms with van der Waals surface area (Å²) in [4.78, 5) is 39.3. The Balaban J connectivity index is 0.0000000894. The summed E-state index contributed by atoms with van der Waals surface area (Å²) in [7, 11) is 0. The van der Waals surface area contributed by atoms with E-state index in [0.29, 0.717) is 41.0 Å². The van der Waals surface area contributed by atoms with Crippen LogP contribution in [0.15, 0.2) is 216 Å². The molecule has 4 saturated carbocycles. The number of furan rings is 5. The lowest BCUT2D eigenvalue weighted by Crippen LogP contribution is -2.72. The summed E-state index contributed by atoms with van der Waals surface area (Å²) in [5.41, 5.74) is 37.0. The van der Waals surface area contributed by atoms with Crippen molar-refractivity contribution in [3.8, 4) is 0 Å². The molecule has 10 bridgehead atoms. The van der Waals surface area contributed by atoms with Crippen LogP contribution in [-0.4, -0.2) is 85.3 Å². The Morgan fingerprint density at radius 3 is 1.17 bits per heavy atom. The van der Waals surface area contributed by atoms with Crippen molar-refractivity contribution in [1.29, 1.82) is 0 Å². The smallest absolute Gasteiger partial charge is 0.227 e. The van der Waals surface area contributed by atoms with E-state index >= 15 is 0 Å². The van der Waals surface area contributed by atoms with Crippen LogP contribution in [0.5, 0.6) is 0 Å². The van der Waals surface area contributed by atoms with Crippen molar-refractivity contribution >= 4 is 139 Å². The van der Waals surface area contributed by atoms with E-state index in [-0.39, 0.29) is 33.6 Å². The van der Waals surface area contributed by atoms with Gasteiger partial charge in [0.05, 0.1) is 45.5 Å². The zero-order valence-corrected chi connectivity index (χ0v) is 83.5. The first kappa shape index (κ1) is 85.9. The van der Waals surface area contributed by atoms with Gasteiger partial charge in [0.2, 0.25) is 28.6 Å². The third-order valence-electron chi connectivity index (χ3n) is 38.1. The number of para-hydroxylation sites is 1. The first-order valence-electron chi connectivity index (χ1n) is 51.5. The zero-order valence-electron chi connectivity index (χ0n) is 83.5. The zero-order chi connectivity index (χ0) is 94.4. The van der Waals surface area contributed by atoms with E-state index in [9.17, 15) is 0 Å². The van der Waals surface area contributed by atoms with Gasteiger partial charge < -0.3 is 46.6 Å². The molecule has 18 aromatic rings. The molecular weight excluding hydrogens is 1700 g/mol. The quantitative estimate of drug-likeness (QED) is 0.161. The SMILES string of the molecule is Cc1ccc2c(n1)oc1c(C3C4CCN(C4)[C@@H]3C)c(C)ccc12.Cc1ccc2c(n1)oc1c(N3[C@@H](C)C4(C)CCC3(C)c3ccccc34)c(C)ccc12.Cc1ccc2c(n1)oc1c(N3[C@@H](C)C45CCC3(CC4)CC5)c(C)ccc12.Cc1ccc2c(n1)oc1c(N3[C@@H](C)C45CCC3(CC4)c3ccccc35)c(C)ccc12.Cc1ccc2c(n1)oc1c(N3[C@@H](C)N4CCC3(C)c3ccccc34)c(C)ccc12. The minimum absolute atomic E-state index is 0.0465. The molecule has 0 spiro atoms. The molecule has 0 amide bonds. The molecule has 23 heterocycles. The second kappa shape index (κ2) is 30.2. The van der Waals surface area contributed by atoms with Crippen molar-refractivity contribution in [2.24, 2.45) is 11.3 Å². The van der Waals surface area contributed by atoms with Gasteiger partial charge in [-0.25, -0.2) is 24.9 Å². The standard InChI is InChI=1S/C27H26N2O.C27H28N2O.C25H25N3O.C23H26N2O.C20H22N2O/c1-16-8-10-19-20-11-9-17(2)28-25(20)30-24(19)23(16)29-18(3)26-12-14-27(29,15-13-26)22-7-5-4-6-21(22)26;1-16-10-12-19-20-13-11-17(2)28-25(20)30-24(19)23(16)29-18(3)26(4)14-15-27(29,5)22-9-7-6-8-21(22)26;1-15-9-11-18-19-12-10-16(2)26-24(19)29-23(18)22(15)28-17(3)27-14-13-25(28,4)20-7-5-6-8-21(20)27;1-14-4-6-17-18-7-5-15(2)24-21(18)26-20(17)19(14)25-16(3)22-8-11-23(25,12-9-22)13-10-22;1-11-4-6-15-16-7-5-12(2)21-20(16)23-19(15)17(11)18-13(3)22-9-8-14(18)10-22/h4-11,18H,12-15H2,1-3H3;6-13,18H,14-15H2,1-5H3;5-12,17H,13-14H2,1-4H3;4-7,16H,8-13H2,1-3H3;4-7,13-14,18H,8-10H2,1-3H3/t2*18-,26?,27?;17-,25?;16-,22?,23?;13-,14?,18?/m00001/s1. The Morgan fingerprint density at radius 1 is 0.312 bits per heavy atom. The molecule has 0 N–H and O–H groups in total. The third kappa shape index (κ3) is 11.8. The molecule has 9 saturated heterocycles. The first-order chi connectivity index (χ1) is 66.5. The predicted octanol–water partition coefficient (Wildman–Crippen LogP) is 29.5. The molecule has 11 atom stereocenters. The van der Waals surface area contributed by atoms with Gasteiger partial charge in [0, 0.05) is 159 Å². The Hall–Kier alpha value is -12.5. The number of anilines is 5. The normalized spacial score (nSPS) is 28.4. The van der Waals surface area contributed by atoms with Crippen LogP contribution < -0.4 is 24.5 Å². The van der Waals surface area contributed by atoms with Gasteiger partial charge in [-0.3, -0.25) is 4.90 Å². The van der Waals surface area contributed by atoms with Gasteiger partial charge in [-0.2, -0.15) is 0 Å². The third-order valence-corrected chi connectivity index (χ3v) is 38.1. The van der Waals surface area contributed by atoms with E-state index in [1.54, 1.807) is 11.1 Å². The van der Waals surface area contributed by atoms with E-state index in [1.807, 2.05) is 34.6 Å². The van der Waals surface area contributed by atoms with E-state index in [1.165, 1.54) is 185 Å². The van der Waals surface area contributed by atoms with Crippen LogP contribution in [0.1, 0.15) is 241 Å². The molecule has 700 valence electrons. The van der Waals surface area contributed by atoms with Crippen LogP contribution in [0.25, 0.3) is 110 Å². The summed E-state index contributed by atoms with van der Waals surface area (Å²) in [6.07, 6.45) is 18.4. The summed E-state index contributed by atoms with van der Waals surface area (Å²) in [5, 5.41) is 11.5. The van der Waals surface area contributed by atoms with Crippen LogP contribution in [0.2, 0.25) is 0 Å². The first-order valence-corrected chi connectivity index (χ1v) is 51.5. The number of benzene rings is 8. The molecule has 13 aliphatic heterocycles. The van der Waals surface area contributed by atoms with Gasteiger partial charge in [0.25, 0.3) is 0 Å². The second-order valence-corrected chi connectivity index (χ2v) is 44.9. The van der Waals surface area contributed by atoms with E-state index < -0.39 is 0 Å². The van der Waals surface area contributed by atoms with Crippen molar-refractivity contribution in [2.75, 3.05) is 44.1 Å². The topological polar surface area (TPSA) is 150 Å². The molecule has 6 unspecified atom stereocenters. The Morgan fingerprint density at radius 2 is 0.703 bits per heavy atom. The van der Waals surface area contributed by atoms with Crippen molar-refractivity contribution in [2.45, 2.75) is 284 Å². The molecule has 0 radical (unpaired) electrons. The Labute approximate surface area is 808 Å². The van der Waals surface area contributed by atoms with Gasteiger partial charge in [0.1, 0.15) is 5.58 Å². The lowest BCUT2D eigenvalue weighted by Gasteiger charge is -2.70. The molecule has 10 aromatic heterocycles. The van der Waals surface area contributed by atoms with Crippen molar-refractivity contribution in [3.05, 3.63) is 284 Å². The lowest BCUT2D eigenvalue weighted by molar-refractivity contribution is -0.0446. The fourth-order valence-electron chi connectivity index (χ4n) is 30.5. The number of rotatable bonds is 5. The molecule has 38 rings (SSSR count). The van der Waals surface area contributed by atoms with Gasteiger partial charge in [-0.05, 0) is 342 Å². The van der Waals surface area contributed by atoms with Crippen LogP contribution in [0.3, 0.4) is 0 Å². The Bertz CT molecular complexity index is 7970. The molecule has 8 aromatic carbocycles. The highest BCUT2D eigenvalue weighted by molar-refractivity contribution is 6.13. The van der Waals surface area contributed by atoms with Gasteiger partial charge >= 0.3 is 0 Å². The molecule has 16 nitrogen and oxygen atoms in total. The summed E-state index contributed by atoms with van der Waals surface area (Å²) >= 11 is 0. The minimum Gasteiger partial charge on any atom is -0.437 e. The molecule has 16 heteroatoms. The Kier molecular flexibility index (Phi) is 18.8. The number of hydrogen-bond acceptors (Lipinski definition) is 16. The van der Waals surface area contributed by atoms with Crippen LogP contribution in [0.4, 0.5) is 28.4 Å². The monoisotopic (exact) mass is 1830 g/mol. The van der Waals surface area contributed by atoms with Crippen molar-refractivity contribution in [3.63, 3.8) is 0 Å². The largest absolute Gasteiger partial charge is 0.437 e. The maximum atomic E-state index is 6.49.